The molecule has 1 aliphatic heterocycles. The Morgan fingerprint density at radius 1 is 1.37 bits per heavy atom. The summed E-state index contributed by atoms with van der Waals surface area (Å²) in [5, 5.41) is 0. The summed E-state index contributed by atoms with van der Waals surface area (Å²) in [6.07, 6.45) is 9.43. The third-order valence-corrected chi connectivity index (χ3v) is 4.01. The molecule has 0 aliphatic carbocycles. The number of hydrogen-bond acceptors (Lipinski definition) is 3. The average Bonchev–Trinajstić information content (AvgIpc) is 2.64. The van der Waals surface area contributed by atoms with Gasteiger partial charge in [0.2, 0.25) is 0 Å². The molecule has 2 rings (SSSR count). The zero-order valence-corrected chi connectivity index (χ0v) is 12.3. The molecule has 2 atom stereocenters. The average molecular weight is 261 g/mol. The van der Waals surface area contributed by atoms with Crippen LogP contribution in [0, 0.1) is 0 Å². The summed E-state index contributed by atoms with van der Waals surface area (Å²) < 4.78 is 0. The predicted octanol–water partition coefficient (Wildman–Crippen LogP) is 3.13. The van der Waals surface area contributed by atoms with E-state index in [0.29, 0.717) is 6.04 Å². The Labute approximate surface area is 117 Å². The quantitative estimate of drug-likeness (QED) is 0.905. The molecule has 0 amide bonds. The van der Waals surface area contributed by atoms with Crippen molar-refractivity contribution in [2.75, 3.05) is 11.4 Å². The maximum Gasteiger partial charge on any atom is 0.128 e. The highest BCUT2D eigenvalue weighted by Crippen LogP contribution is 2.24. The molecule has 2 heterocycles. The Morgan fingerprint density at radius 2 is 2.21 bits per heavy atom. The van der Waals surface area contributed by atoms with E-state index < -0.39 is 0 Å². The van der Waals surface area contributed by atoms with Gasteiger partial charge in [-0.15, -0.1) is 0 Å². The van der Waals surface area contributed by atoms with E-state index in [0.717, 1.165) is 18.8 Å². The molecule has 0 aromatic carbocycles. The lowest BCUT2D eigenvalue weighted by Gasteiger charge is -2.30. The molecule has 0 spiro atoms. The van der Waals surface area contributed by atoms with Crippen LogP contribution in [0.5, 0.6) is 0 Å². The van der Waals surface area contributed by atoms with Gasteiger partial charge in [0, 0.05) is 24.8 Å². The summed E-state index contributed by atoms with van der Waals surface area (Å²) >= 11 is 0. The zero-order chi connectivity index (χ0) is 13.7. The van der Waals surface area contributed by atoms with E-state index in [1.54, 1.807) is 0 Å². The van der Waals surface area contributed by atoms with Crippen LogP contribution in [0.2, 0.25) is 0 Å². The zero-order valence-electron chi connectivity index (χ0n) is 12.3. The first kappa shape index (κ1) is 14.3. The fourth-order valence-electron chi connectivity index (χ4n) is 2.98. The van der Waals surface area contributed by atoms with Crippen LogP contribution in [0.15, 0.2) is 18.3 Å². The standard InChI is InChI=1S/C16H27N3/c1-3-15-7-5-4-6-10-19(15)16-9-8-14(12-18-16)11-13(2)17/h8-9,12-13,15H,3-7,10-11,17H2,1-2H3. The van der Waals surface area contributed by atoms with E-state index in [2.05, 4.69) is 28.9 Å². The summed E-state index contributed by atoms with van der Waals surface area (Å²) in [6, 6.07) is 5.22. The maximum atomic E-state index is 5.83. The molecule has 1 aromatic rings. The van der Waals surface area contributed by atoms with Crippen LogP contribution in [-0.2, 0) is 6.42 Å². The number of anilines is 1. The van der Waals surface area contributed by atoms with E-state index in [-0.39, 0.29) is 6.04 Å². The van der Waals surface area contributed by atoms with Crippen LogP contribution >= 0.6 is 0 Å². The molecular weight excluding hydrogens is 234 g/mol. The van der Waals surface area contributed by atoms with Crippen molar-refractivity contribution in [1.29, 1.82) is 0 Å². The van der Waals surface area contributed by atoms with Gasteiger partial charge in [-0.25, -0.2) is 4.98 Å². The lowest BCUT2D eigenvalue weighted by Crippen LogP contribution is -2.35. The summed E-state index contributed by atoms with van der Waals surface area (Å²) in [6.45, 7) is 5.47. The van der Waals surface area contributed by atoms with E-state index in [4.69, 9.17) is 5.73 Å². The molecule has 2 unspecified atom stereocenters. The SMILES string of the molecule is CCC1CCCCCN1c1ccc(CC(C)N)cn1. The summed E-state index contributed by atoms with van der Waals surface area (Å²) in [7, 11) is 0. The monoisotopic (exact) mass is 261 g/mol. The highest BCUT2D eigenvalue weighted by molar-refractivity contribution is 5.41. The summed E-state index contributed by atoms with van der Waals surface area (Å²) in [5.41, 5.74) is 7.07. The van der Waals surface area contributed by atoms with Gasteiger partial charge in [0.25, 0.3) is 0 Å². The van der Waals surface area contributed by atoms with Crippen molar-refractivity contribution in [3.63, 3.8) is 0 Å². The topological polar surface area (TPSA) is 42.1 Å². The normalized spacial score (nSPS) is 22.1. The minimum atomic E-state index is 0.203. The lowest BCUT2D eigenvalue weighted by atomic mass is 10.1. The van der Waals surface area contributed by atoms with Crippen LogP contribution in [0.3, 0.4) is 0 Å². The molecule has 1 saturated heterocycles. The Kier molecular flexibility index (Phi) is 5.20. The highest BCUT2D eigenvalue weighted by Gasteiger charge is 2.20. The fraction of sp³-hybridized carbons (Fsp3) is 0.688. The van der Waals surface area contributed by atoms with Crippen LogP contribution in [0.4, 0.5) is 5.82 Å². The summed E-state index contributed by atoms with van der Waals surface area (Å²) in [4.78, 5) is 7.17. The third kappa shape index (κ3) is 3.93. The molecule has 0 saturated carbocycles. The molecule has 0 bridgehead atoms. The maximum absolute atomic E-state index is 5.83. The van der Waals surface area contributed by atoms with Crippen molar-refractivity contribution in [2.24, 2.45) is 5.73 Å². The fourth-order valence-corrected chi connectivity index (χ4v) is 2.98. The van der Waals surface area contributed by atoms with Gasteiger partial charge in [-0.2, -0.15) is 0 Å². The van der Waals surface area contributed by atoms with Gasteiger partial charge in [-0.3, -0.25) is 0 Å². The van der Waals surface area contributed by atoms with Crippen LogP contribution in [0.25, 0.3) is 0 Å². The molecule has 1 aliphatic rings. The first-order valence-corrected chi connectivity index (χ1v) is 7.68. The second kappa shape index (κ2) is 6.90. The van der Waals surface area contributed by atoms with Gasteiger partial charge in [0.1, 0.15) is 5.82 Å². The van der Waals surface area contributed by atoms with Gasteiger partial charge in [0.15, 0.2) is 0 Å². The van der Waals surface area contributed by atoms with E-state index in [1.807, 2.05) is 13.1 Å². The van der Waals surface area contributed by atoms with E-state index >= 15 is 0 Å². The van der Waals surface area contributed by atoms with Crippen LogP contribution in [0.1, 0.15) is 51.5 Å². The minimum absolute atomic E-state index is 0.203. The first-order valence-electron chi connectivity index (χ1n) is 7.68. The number of aromatic nitrogens is 1. The summed E-state index contributed by atoms with van der Waals surface area (Å²) in [5.74, 6) is 1.14. The van der Waals surface area contributed by atoms with Crippen molar-refractivity contribution in [3.8, 4) is 0 Å². The van der Waals surface area contributed by atoms with Crippen molar-refractivity contribution < 1.29 is 0 Å². The van der Waals surface area contributed by atoms with Gasteiger partial charge < -0.3 is 10.6 Å². The van der Waals surface area contributed by atoms with Crippen molar-refractivity contribution >= 4 is 5.82 Å². The van der Waals surface area contributed by atoms with Gasteiger partial charge >= 0.3 is 0 Å². The van der Waals surface area contributed by atoms with Crippen molar-refractivity contribution in [1.82, 2.24) is 4.98 Å². The van der Waals surface area contributed by atoms with E-state index in [9.17, 15) is 0 Å². The number of nitrogens with two attached hydrogens (primary N) is 1. The smallest absolute Gasteiger partial charge is 0.128 e. The molecule has 0 radical (unpaired) electrons. The number of nitrogens with zero attached hydrogens (tertiary/aromatic N) is 2. The second-order valence-corrected chi connectivity index (χ2v) is 5.81. The molecule has 1 fully saturated rings. The highest BCUT2D eigenvalue weighted by atomic mass is 15.2. The molecule has 1 aromatic heterocycles. The third-order valence-electron chi connectivity index (χ3n) is 4.01. The molecule has 106 valence electrons. The molecule has 3 nitrogen and oxygen atoms in total. The van der Waals surface area contributed by atoms with Gasteiger partial charge in [0.05, 0.1) is 0 Å². The number of pyridine rings is 1. The minimum Gasteiger partial charge on any atom is -0.354 e. The molecule has 2 N–H and O–H groups in total. The number of hydrogen-bond donors (Lipinski definition) is 1. The lowest BCUT2D eigenvalue weighted by molar-refractivity contribution is 0.552. The predicted molar refractivity (Wildman–Crippen MR) is 81.5 cm³/mol. The molecule has 3 heteroatoms. The second-order valence-electron chi connectivity index (χ2n) is 5.81. The number of rotatable bonds is 4. The molecular formula is C16H27N3. The Hall–Kier alpha value is -1.09. The van der Waals surface area contributed by atoms with Crippen LogP contribution < -0.4 is 10.6 Å². The van der Waals surface area contributed by atoms with Crippen molar-refractivity contribution in [2.45, 2.75) is 64.5 Å². The Morgan fingerprint density at radius 3 is 2.84 bits per heavy atom. The largest absolute Gasteiger partial charge is 0.354 e. The Balaban J connectivity index is 2.10. The van der Waals surface area contributed by atoms with Gasteiger partial charge in [-0.1, -0.05) is 25.8 Å². The Bertz CT molecular complexity index is 372. The van der Waals surface area contributed by atoms with E-state index in [1.165, 1.54) is 37.7 Å². The van der Waals surface area contributed by atoms with Crippen molar-refractivity contribution in [3.05, 3.63) is 23.9 Å². The first-order chi connectivity index (χ1) is 9.20. The molecule has 19 heavy (non-hydrogen) atoms. The van der Waals surface area contributed by atoms with Gasteiger partial charge in [-0.05, 0) is 44.2 Å². The van der Waals surface area contributed by atoms with Crippen LogP contribution in [-0.4, -0.2) is 23.6 Å².